The van der Waals surface area contributed by atoms with Crippen molar-refractivity contribution in [3.8, 4) is 6.07 Å². The summed E-state index contributed by atoms with van der Waals surface area (Å²) in [5.41, 5.74) is 4.41. The Hall–Kier alpha value is -2.64. The zero-order chi connectivity index (χ0) is 19.2. The lowest BCUT2D eigenvalue weighted by molar-refractivity contribution is -0.885. The molecule has 4 heteroatoms. The van der Waals surface area contributed by atoms with Gasteiger partial charge in [0.1, 0.15) is 6.54 Å². The Morgan fingerprint density at radius 2 is 1.62 bits per heavy atom. The summed E-state index contributed by atoms with van der Waals surface area (Å²) in [6, 6.07) is 18.2. The third-order valence-electron chi connectivity index (χ3n) is 4.31. The van der Waals surface area contributed by atoms with Gasteiger partial charge in [-0.05, 0) is 28.7 Å². The van der Waals surface area contributed by atoms with Crippen LogP contribution in [0.2, 0.25) is 0 Å². The maximum atomic E-state index is 12.2. The number of hydrogen-bond donors (Lipinski definition) is 2. The van der Waals surface area contributed by atoms with E-state index in [1.165, 1.54) is 11.1 Å². The van der Waals surface area contributed by atoms with Crippen molar-refractivity contribution in [2.45, 2.75) is 39.2 Å². The maximum Gasteiger partial charge on any atom is 0.279 e. The molecule has 2 N–H and O–H groups in total. The van der Waals surface area contributed by atoms with E-state index in [2.05, 4.69) is 56.4 Å². The lowest BCUT2D eigenvalue weighted by atomic mass is 9.87. The first-order valence-electron chi connectivity index (χ1n) is 8.94. The standard InChI is InChI=1S/C22H27N3O/c1-22(2,3)19-9-5-18(6-10-19)15-25(4)16-21(26)24-20-11-7-17(8-12-20)13-14-23/h5-12H,13,15-16H2,1-4H3,(H,24,26)/p+1. The average molecular weight is 350 g/mol. The van der Waals surface area contributed by atoms with Gasteiger partial charge in [0.2, 0.25) is 0 Å². The second-order valence-corrected chi connectivity index (χ2v) is 7.84. The molecule has 0 saturated carbocycles. The number of benzene rings is 2. The van der Waals surface area contributed by atoms with Gasteiger partial charge in [-0.15, -0.1) is 0 Å². The molecule has 0 aliphatic heterocycles. The number of rotatable bonds is 6. The number of likely N-dealkylation sites (N-methyl/N-ethyl adjacent to an activating group) is 1. The zero-order valence-electron chi connectivity index (χ0n) is 16.1. The monoisotopic (exact) mass is 350 g/mol. The lowest BCUT2D eigenvalue weighted by Gasteiger charge is -2.19. The Morgan fingerprint density at radius 1 is 1.04 bits per heavy atom. The number of anilines is 1. The minimum atomic E-state index is -0.0122. The molecular formula is C22H28N3O+. The van der Waals surface area contributed by atoms with E-state index in [0.717, 1.165) is 22.7 Å². The van der Waals surface area contributed by atoms with E-state index in [4.69, 9.17) is 5.26 Å². The number of nitrogens with zero attached hydrogens (tertiary/aromatic N) is 1. The van der Waals surface area contributed by atoms with Crippen molar-refractivity contribution in [2.24, 2.45) is 0 Å². The van der Waals surface area contributed by atoms with E-state index in [1.807, 2.05) is 31.3 Å². The lowest BCUT2D eigenvalue weighted by Crippen LogP contribution is -3.08. The van der Waals surface area contributed by atoms with Crippen LogP contribution in [-0.4, -0.2) is 19.5 Å². The summed E-state index contributed by atoms with van der Waals surface area (Å²) >= 11 is 0. The predicted molar refractivity (Wildman–Crippen MR) is 105 cm³/mol. The first kappa shape index (κ1) is 19.7. The molecule has 2 aromatic carbocycles. The third-order valence-corrected chi connectivity index (χ3v) is 4.31. The third kappa shape index (κ3) is 6.02. The van der Waals surface area contributed by atoms with E-state index in [0.29, 0.717) is 13.0 Å². The normalized spacial score (nSPS) is 12.3. The van der Waals surface area contributed by atoms with E-state index >= 15 is 0 Å². The van der Waals surface area contributed by atoms with Crippen LogP contribution >= 0.6 is 0 Å². The van der Waals surface area contributed by atoms with Gasteiger partial charge in [0.15, 0.2) is 6.54 Å². The summed E-state index contributed by atoms with van der Waals surface area (Å²) in [4.78, 5) is 13.4. The molecule has 0 radical (unpaired) electrons. The topological polar surface area (TPSA) is 57.3 Å². The molecule has 1 unspecified atom stereocenters. The minimum Gasteiger partial charge on any atom is -0.326 e. The van der Waals surface area contributed by atoms with Crippen LogP contribution in [0.25, 0.3) is 0 Å². The Bertz CT molecular complexity index is 765. The van der Waals surface area contributed by atoms with Crippen molar-refractivity contribution >= 4 is 11.6 Å². The van der Waals surface area contributed by atoms with Crippen LogP contribution in [-0.2, 0) is 23.2 Å². The molecule has 2 aromatic rings. The van der Waals surface area contributed by atoms with Gasteiger partial charge >= 0.3 is 0 Å². The molecule has 0 heterocycles. The molecule has 26 heavy (non-hydrogen) atoms. The number of carbonyl (C=O) groups is 1. The van der Waals surface area contributed by atoms with Gasteiger partial charge in [-0.25, -0.2) is 0 Å². The first-order valence-corrected chi connectivity index (χ1v) is 8.94. The smallest absolute Gasteiger partial charge is 0.279 e. The van der Waals surface area contributed by atoms with E-state index in [1.54, 1.807) is 0 Å². The van der Waals surface area contributed by atoms with Gasteiger partial charge < -0.3 is 10.2 Å². The number of nitriles is 1. The molecule has 0 aromatic heterocycles. The molecule has 0 saturated heterocycles. The highest BCUT2D eigenvalue weighted by atomic mass is 16.2. The molecule has 0 bridgehead atoms. The van der Waals surface area contributed by atoms with Crippen molar-refractivity contribution in [3.05, 3.63) is 65.2 Å². The molecule has 2 rings (SSSR count). The molecular weight excluding hydrogens is 322 g/mol. The molecule has 1 atom stereocenters. The van der Waals surface area contributed by atoms with Crippen molar-refractivity contribution in [2.75, 3.05) is 18.9 Å². The Kier molecular flexibility index (Phi) is 6.54. The maximum absolute atomic E-state index is 12.2. The van der Waals surface area contributed by atoms with Crippen molar-refractivity contribution < 1.29 is 9.69 Å². The van der Waals surface area contributed by atoms with Crippen molar-refractivity contribution in [1.29, 1.82) is 5.26 Å². The highest BCUT2D eigenvalue weighted by Gasteiger charge is 2.14. The molecule has 0 aliphatic rings. The fourth-order valence-electron chi connectivity index (χ4n) is 2.81. The number of quaternary nitrogens is 1. The SMILES string of the molecule is C[NH+](CC(=O)Nc1ccc(CC#N)cc1)Cc1ccc(C(C)(C)C)cc1. The molecule has 1 amide bonds. The number of nitrogens with one attached hydrogen (secondary N) is 2. The van der Waals surface area contributed by atoms with Gasteiger partial charge in [0, 0.05) is 11.3 Å². The molecule has 136 valence electrons. The predicted octanol–water partition coefficient (Wildman–Crippen LogP) is 2.70. The van der Waals surface area contributed by atoms with Crippen LogP contribution in [0.3, 0.4) is 0 Å². The van der Waals surface area contributed by atoms with Crippen LogP contribution in [0, 0.1) is 11.3 Å². The molecule has 4 nitrogen and oxygen atoms in total. The van der Waals surface area contributed by atoms with Gasteiger partial charge in [-0.3, -0.25) is 4.79 Å². The summed E-state index contributed by atoms with van der Waals surface area (Å²) in [7, 11) is 2.02. The number of carbonyl (C=O) groups excluding carboxylic acids is 1. The summed E-state index contributed by atoms with van der Waals surface area (Å²) < 4.78 is 0. The highest BCUT2D eigenvalue weighted by Crippen LogP contribution is 2.21. The zero-order valence-corrected chi connectivity index (χ0v) is 16.1. The van der Waals surface area contributed by atoms with Gasteiger partial charge in [-0.1, -0.05) is 57.2 Å². The van der Waals surface area contributed by atoms with Gasteiger partial charge in [-0.2, -0.15) is 5.26 Å². The van der Waals surface area contributed by atoms with Crippen LogP contribution in [0.1, 0.15) is 37.5 Å². The second kappa shape index (κ2) is 8.64. The largest absolute Gasteiger partial charge is 0.326 e. The summed E-state index contributed by atoms with van der Waals surface area (Å²) in [5.74, 6) is -0.0122. The van der Waals surface area contributed by atoms with Gasteiger partial charge in [0.05, 0.1) is 19.5 Å². The highest BCUT2D eigenvalue weighted by molar-refractivity contribution is 5.91. The summed E-state index contributed by atoms with van der Waals surface area (Å²) in [6.45, 7) is 7.82. The van der Waals surface area contributed by atoms with Gasteiger partial charge in [0.25, 0.3) is 5.91 Å². The number of amides is 1. The summed E-state index contributed by atoms with van der Waals surface area (Å²) in [5, 5.41) is 11.6. The van der Waals surface area contributed by atoms with Crippen molar-refractivity contribution in [1.82, 2.24) is 0 Å². The first-order chi connectivity index (χ1) is 12.3. The quantitative estimate of drug-likeness (QED) is 0.842. The van der Waals surface area contributed by atoms with E-state index in [9.17, 15) is 4.79 Å². The average Bonchev–Trinajstić information content (AvgIpc) is 2.56. The van der Waals surface area contributed by atoms with Crippen molar-refractivity contribution in [3.63, 3.8) is 0 Å². The Morgan fingerprint density at radius 3 is 2.15 bits per heavy atom. The molecule has 0 spiro atoms. The van der Waals surface area contributed by atoms with Crippen LogP contribution < -0.4 is 10.2 Å². The Balaban J connectivity index is 1.86. The number of hydrogen-bond acceptors (Lipinski definition) is 2. The molecule has 0 aliphatic carbocycles. The fourth-order valence-corrected chi connectivity index (χ4v) is 2.81. The second-order valence-electron chi connectivity index (χ2n) is 7.84. The van der Waals surface area contributed by atoms with Crippen LogP contribution in [0.5, 0.6) is 0 Å². The van der Waals surface area contributed by atoms with Crippen LogP contribution in [0.15, 0.2) is 48.5 Å². The Labute approximate surface area is 156 Å². The van der Waals surface area contributed by atoms with E-state index in [-0.39, 0.29) is 11.3 Å². The van der Waals surface area contributed by atoms with E-state index < -0.39 is 0 Å². The minimum absolute atomic E-state index is 0.0122. The van der Waals surface area contributed by atoms with Crippen LogP contribution in [0.4, 0.5) is 5.69 Å². The fraction of sp³-hybridized carbons (Fsp3) is 0.364. The summed E-state index contributed by atoms with van der Waals surface area (Å²) in [6.07, 6.45) is 0.384. The molecule has 0 fully saturated rings.